The van der Waals surface area contributed by atoms with Crippen molar-refractivity contribution in [1.82, 2.24) is 0 Å². The minimum Gasteiger partial charge on any atom is -0.496 e. The number of methoxy groups -OCH3 is 1. The van der Waals surface area contributed by atoms with Crippen molar-refractivity contribution in [2.24, 2.45) is 5.73 Å². The molecule has 1 aliphatic rings. The van der Waals surface area contributed by atoms with Crippen LogP contribution < -0.4 is 10.5 Å². The van der Waals surface area contributed by atoms with Crippen LogP contribution in [0.4, 0.5) is 4.39 Å². The molecule has 18 heavy (non-hydrogen) atoms. The second-order valence-electron chi connectivity index (χ2n) is 5.38. The van der Waals surface area contributed by atoms with E-state index in [1.165, 1.54) is 12.8 Å². The molecule has 1 fully saturated rings. The SMILES string of the molecule is COc1c(C)c(F)cc(C2(CN)CCCC2)c1C. The van der Waals surface area contributed by atoms with Crippen LogP contribution in [-0.4, -0.2) is 13.7 Å². The zero-order chi connectivity index (χ0) is 13.3. The Morgan fingerprint density at radius 1 is 1.28 bits per heavy atom. The first-order chi connectivity index (χ1) is 8.55. The second kappa shape index (κ2) is 4.88. The minimum absolute atomic E-state index is 0.0497. The Morgan fingerprint density at radius 2 is 1.89 bits per heavy atom. The number of halogens is 1. The molecular weight excluding hydrogens is 229 g/mol. The molecule has 0 saturated heterocycles. The van der Waals surface area contributed by atoms with E-state index in [1.807, 2.05) is 6.92 Å². The summed E-state index contributed by atoms with van der Waals surface area (Å²) in [5.74, 6) is 0.483. The molecule has 0 bridgehead atoms. The molecule has 2 N–H and O–H groups in total. The van der Waals surface area contributed by atoms with Crippen LogP contribution in [0.15, 0.2) is 6.07 Å². The molecule has 100 valence electrons. The highest BCUT2D eigenvalue weighted by molar-refractivity contribution is 5.49. The Balaban J connectivity index is 2.60. The smallest absolute Gasteiger partial charge is 0.130 e. The van der Waals surface area contributed by atoms with Gasteiger partial charge in [0.25, 0.3) is 0 Å². The molecule has 0 aromatic heterocycles. The molecule has 0 unspecified atom stereocenters. The van der Waals surface area contributed by atoms with E-state index >= 15 is 0 Å². The van der Waals surface area contributed by atoms with Crippen LogP contribution in [0.3, 0.4) is 0 Å². The summed E-state index contributed by atoms with van der Waals surface area (Å²) in [7, 11) is 1.60. The number of hydrogen-bond donors (Lipinski definition) is 1. The third-order valence-electron chi connectivity index (χ3n) is 4.44. The van der Waals surface area contributed by atoms with E-state index in [4.69, 9.17) is 10.5 Å². The van der Waals surface area contributed by atoms with Gasteiger partial charge in [-0.15, -0.1) is 0 Å². The Hall–Kier alpha value is -1.09. The highest BCUT2D eigenvalue weighted by atomic mass is 19.1. The zero-order valence-electron chi connectivity index (χ0n) is 11.5. The van der Waals surface area contributed by atoms with Crippen LogP contribution in [0.1, 0.15) is 42.4 Å². The van der Waals surface area contributed by atoms with Crippen molar-refractivity contribution in [2.75, 3.05) is 13.7 Å². The van der Waals surface area contributed by atoms with Gasteiger partial charge < -0.3 is 10.5 Å². The van der Waals surface area contributed by atoms with Gasteiger partial charge in [-0.3, -0.25) is 0 Å². The first-order valence-electron chi connectivity index (χ1n) is 6.60. The van der Waals surface area contributed by atoms with E-state index in [0.717, 1.165) is 24.0 Å². The van der Waals surface area contributed by atoms with Crippen molar-refractivity contribution in [1.29, 1.82) is 0 Å². The van der Waals surface area contributed by atoms with Gasteiger partial charge in [0.05, 0.1) is 7.11 Å². The topological polar surface area (TPSA) is 35.2 Å². The summed E-state index contributed by atoms with van der Waals surface area (Å²) >= 11 is 0. The predicted octanol–water partition coefficient (Wildman–Crippen LogP) is 3.22. The molecule has 1 aliphatic carbocycles. The van der Waals surface area contributed by atoms with E-state index in [9.17, 15) is 4.39 Å². The Bertz CT molecular complexity index is 450. The molecular formula is C15H22FNO. The van der Waals surface area contributed by atoms with Crippen LogP contribution >= 0.6 is 0 Å². The zero-order valence-corrected chi connectivity index (χ0v) is 11.5. The Morgan fingerprint density at radius 3 is 2.39 bits per heavy atom. The van der Waals surface area contributed by atoms with Crippen LogP contribution in [-0.2, 0) is 5.41 Å². The van der Waals surface area contributed by atoms with Crippen molar-refractivity contribution in [3.05, 3.63) is 28.6 Å². The van der Waals surface area contributed by atoms with Crippen molar-refractivity contribution in [2.45, 2.75) is 44.9 Å². The van der Waals surface area contributed by atoms with Crippen molar-refractivity contribution < 1.29 is 9.13 Å². The summed E-state index contributed by atoms with van der Waals surface area (Å²) in [6, 6.07) is 1.67. The molecule has 1 aromatic carbocycles. The van der Waals surface area contributed by atoms with Crippen LogP contribution in [0.2, 0.25) is 0 Å². The number of nitrogens with two attached hydrogens (primary N) is 1. The van der Waals surface area contributed by atoms with Gasteiger partial charge in [-0.25, -0.2) is 4.39 Å². The summed E-state index contributed by atoms with van der Waals surface area (Å²) in [4.78, 5) is 0. The number of benzene rings is 1. The average Bonchev–Trinajstić information content (AvgIpc) is 2.84. The van der Waals surface area contributed by atoms with Gasteiger partial charge in [-0.1, -0.05) is 12.8 Å². The lowest BCUT2D eigenvalue weighted by molar-refractivity contribution is 0.394. The lowest BCUT2D eigenvalue weighted by Gasteiger charge is -2.31. The third kappa shape index (κ3) is 1.91. The number of rotatable bonds is 3. The van der Waals surface area contributed by atoms with E-state index in [-0.39, 0.29) is 11.2 Å². The lowest BCUT2D eigenvalue weighted by atomic mass is 9.76. The fraction of sp³-hybridized carbons (Fsp3) is 0.600. The van der Waals surface area contributed by atoms with Gasteiger partial charge in [0, 0.05) is 17.5 Å². The molecule has 2 rings (SSSR count). The van der Waals surface area contributed by atoms with Gasteiger partial charge in [0.15, 0.2) is 0 Å². The first-order valence-corrected chi connectivity index (χ1v) is 6.60. The van der Waals surface area contributed by atoms with Gasteiger partial charge in [0.1, 0.15) is 11.6 Å². The molecule has 0 amide bonds. The van der Waals surface area contributed by atoms with Gasteiger partial charge in [-0.2, -0.15) is 0 Å². The number of hydrogen-bond acceptors (Lipinski definition) is 2. The van der Waals surface area contributed by atoms with Crippen molar-refractivity contribution >= 4 is 0 Å². The highest BCUT2D eigenvalue weighted by Gasteiger charge is 2.36. The average molecular weight is 251 g/mol. The summed E-state index contributed by atoms with van der Waals surface area (Å²) in [6.45, 7) is 4.35. The van der Waals surface area contributed by atoms with E-state index in [2.05, 4.69) is 0 Å². The summed E-state index contributed by atoms with van der Waals surface area (Å²) in [5, 5.41) is 0. The maximum atomic E-state index is 14.0. The van der Waals surface area contributed by atoms with E-state index < -0.39 is 0 Å². The lowest BCUT2D eigenvalue weighted by Crippen LogP contribution is -2.33. The fourth-order valence-corrected chi connectivity index (χ4v) is 3.35. The minimum atomic E-state index is -0.188. The highest BCUT2D eigenvalue weighted by Crippen LogP contribution is 2.44. The Kier molecular flexibility index (Phi) is 3.62. The monoisotopic (exact) mass is 251 g/mol. The Labute approximate surface area is 108 Å². The summed E-state index contributed by atoms with van der Waals surface area (Å²) in [6.07, 6.45) is 4.45. The molecule has 1 aromatic rings. The quantitative estimate of drug-likeness (QED) is 0.895. The molecule has 3 heteroatoms. The molecule has 0 atom stereocenters. The summed E-state index contributed by atoms with van der Waals surface area (Å²) < 4.78 is 19.4. The van der Waals surface area contributed by atoms with Crippen LogP contribution in [0, 0.1) is 19.7 Å². The molecule has 2 nitrogen and oxygen atoms in total. The molecule has 0 heterocycles. The fourth-order valence-electron chi connectivity index (χ4n) is 3.35. The second-order valence-corrected chi connectivity index (χ2v) is 5.38. The molecule has 0 aliphatic heterocycles. The summed E-state index contributed by atoms with van der Waals surface area (Å²) in [5.41, 5.74) is 8.61. The van der Waals surface area contributed by atoms with E-state index in [1.54, 1.807) is 20.1 Å². The van der Waals surface area contributed by atoms with Gasteiger partial charge in [0.2, 0.25) is 0 Å². The van der Waals surface area contributed by atoms with Gasteiger partial charge in [-0.05, 0) is 43.9 Å². The molecule has 1 saturated carbocycles. The van der Waals surface area contributed by atoms with Crippen molar-refractivity contribution in [3.63, 3.8) is 0 Å². The largest absolute Gasteiger partial charge is 0.496 e. The maximum Gasteiger partial charge on any atom is 0.130 e. The third-order valence-corrected chi connectivity index (χ3v) is 4.44. The van der Waals surface area contributed by atoms with Crippen LogP contribution in [0.5, 0.6) is 5.75 Å². The maximum absolute atomic E-state index is 14.0. The normalized spacial score (nSPS) is 18.1. The van der Waals surface area contributed by atoms with Crippen molar-refractivity contribution in [3.8, 4) is 5.75 Å². The first kappa shape index (κ1) is 13.3. The molecule has 0 radical (unpaired) electrons. The number of ether oxygens (including phenoxy) is 1. The van der Waals surface area contributed by atoms with E-state index in [0.29, 0.717) is 17.9 Å². The molecule has 0 spiro atoms. The van der Waals surface area contributed by atoms with Crippen LogP contribution in [0.25, 0.3) is 0 Å². The standard InChI is InChI=1S/C15H22FNO/c1-10-12(15(9-17)6-4-5-7-15)8-13(16)11(2)14(10)18-3/h8H,4-7,9,17H2,1-3H3. The predicted molar refractivity (Wildman–Crippen MR) is 71.6 cm³/mol. The van der Waals surface area contributed by atoms with Gasteiger partial charge >= 0.3 is 0 Å².